The highest BCUT2D eigenvalue weighted by Crippen LogP contribution is 2.28. The average Bonchev–Trinajstić information content (AvgIpc) is 2.78. The zero-order valence-corrected chi connectivity index (χ0v) is 18.0. The van der Waals surface area contributed by atoms with E-state index in [0.717, 1.165) is 5.56 Å². The molecule has 2 atom stereocenters. The lowest BCUT2D eigenvalue weighted by Gasteiger charge is -2.27. The molecule has 2 amide bonds. The van der Waals surface area contributed by atoms with Gasteiger partial charge in [0.15, 0.2) is 0 Å². The van der Waals surface area contributed by atoms with E-state index < -0.39 is 12.0 Å². The van der Waals surface area contributed by atoms with Crippen molar-refractivity contribution >= 4 is 29.9 Å². The van der Waals surface area contributed by atoms with Gasteiger partial charge in [0.1, 0.15) is 5.75 Å². The van der Waals surface area contributed by atoms with E-state index in [1.807, 2.05) is 30.3 Å². The second kappa shape index (κ2) is 11.0. The number of rotatable bonds is 6. The molecular formula is C22H28ClN3O4. The molecule has 1 aliphatic rings. The van der Waals surface area contributed by atoms with Crippen molar-refractivity contribution in [1.82, 2.24) is 4.90 Å². The number of hydrogen-bond donors (Lipinski definition) is 2. The number of amides is 2. The van der Waals surface area contributed by atoms with Crippen molar-refractivity contribution in [2.75, 3.05) is 38.7 Å². The summed E-state index contributed by atoms with van der Waals surface area (Å²) in [4.78, 5) is 27.3. The lowest BCUT2D eigenvalue weighted by molar-refractivity contribution is -0.120. The summed E-state index contributed by atoms with van der Waals surface area (Å²) in [6, 6.07) is 14.1. The van der Waals surface area contributed by atoms with Crippen LogP contribution >= 0.6 is 12.4 Å². The van der Waals surface area contributed by atoms with Crippen LogP contribution in [0.5, 0.6) is 5.75 Å². The molecule has 0 bridgehead atoms. The van der Waals surface area contributed by atoms with Crippen LogP contribution < -0.4 is 15.8 Å². The van der Waals surface area contributed by atoms with Crippen LogP contribution in [0.1, 0.15) is 28.9 Å². The van der Waals surface area contributed by atoms with Gasteiger partial charge in [-0.2, -0.15) is 0 Å². The molecule has 1 heterocycles. The molecule has 0 aromatic heterocycles. The van der Waals surface area contributed by atoms with Crippen LogP contribution in [0, 0.1) is 5.92 Å². The molecule has 0 spiro atoms. The lowest BCUT2D eigenvalue weighted by atomic mass is 9.94. The molecule has 1 aliphatic heterocycles. The summed E-state index contributed by atoms with van der Waals surface area (Å²) in [7, 11) is 1.52. The highest BCUT2D eigenvalue weighted by atomic mass is 35.5. The molecule has 3 rings (SSSR count). The van der Waals surface area contributed by atoms with E-state index >= 15 is 0 Å². The summed E-state index contributed by atoms with van der Waals surface area (Å²) in [6.07, 6.45) is 0. The number of hydrogen-bond acceptors (Lipinski definition) is 5. The molecule has 0 aliphatic carbocycles. The number of anilines is 1. The SMILES string of the molecule is COc1ccc(C(=O)N2CCOCC2)cc1NC(=O)C(C)C(N)c1ccccc1.Cl. The van der Waals surface area contributed by atoms with Gasteiger partial charge in [0.05, 0.1) is 31.9 Å². The number of carbonyl (C=O) groups is 2. The third-order valence-corrected chi connectivity index (χ3v) is 5.14. The maximum absolute atomic E-state index is 12.8. The summed E-state index contributed by atoms with van der Waals surface area (Å²) >= 11 is 0. The van der Waals surface area contributed by atoms with E-state index in [0.29, 0.717) is 43.3 Å². The molecule has 2 aromatic carbocycles. The first-order valence-corrected chi connectivity index (χ1v) is 9.67. The fourth-order valence-electron chi connectivity index (χ4n) is 3.26. The number of nitrogens with two attached hydrogens (primary N) is 1. The Labute approximate surface area is 182 Å². The topological polar surface area (TPSA) is 93.9 Å². The number of carbonyl (C=O) groups excluding carboxylic acids is 2. The molecule has 2 unspecified atom stereocenters. The van der Waals surface area contributed by atoms with Crippen LogP contribution in [0.3, 0.4) is 0 Å². The molecule has 8 heteroatoms. The third kappa shape index (κ3) is 5.50. The molecule has 0 saturated carbocycles. The lowest BCUT2D eigenvalue weighted by Crippen LogP contribution is -2.40. The maximum Gasteiger partial charge on any atom is 0.254 e. The van der Waals surface area contributed by atoms with Crippen molar-refractivity contribution < 1.29 is 19.1 Å². The van der Waals surface area contributed by atoms with E-state index in [2.05, 4.69) is 5.32 Å². The normalized spacial score (nSPS) is 15.5. The molecule has 1 fully saturated rings. The van der Waals surface area contributed by atoms with Gasteiger partial charge in [-0.15, -0.1) is 12.4 Å². The molecule has 3 N–H and O–H groups in total. The van der Waals surface area contributed by atoms with Crippen molar-refractivity contribution in [3.8, 4) is 5.75 Å². The molecular weight excluding hydrogens is 406 g/mol. The van der Waals surface area contributed by atoms with Crippen molar-refractivity contribution in [3.05, 3.63) is 59.7 Å². The average molecular weight is 434 g/mol. The van der Waals surface area contributed by atoms with Gasteiger partial charge in [0, 0.05) is 24.7 Å². The number of benzene rings is 2. The fourth-order valence-corrected chi connectivity index (χ4v) is 3.26. The minimum Gasteiger partial charge on any atom is -0.495 e. The first kappa shape index (κ1) is 23.7. The molecule has 2 aromatic rings. The van der Waals surface area contributed by atoms with Crippen LogP contribution in [-0.4, -0.2) is 50.1 Å². The zero-order valence-electron chi connectivity index (χ0n) is 17.2. The van der Waals surface area contributed by atoms with Crippen LogP contribution in [0.2, 0.25) is 0 Å². The first-order valence-electron chi connectivity index (χ1n) is 9.67. The van der Waals surface area contributed by atoms with Gasteiger partial charge in [-0.25, -0.2) is 0 Å². The molecule has 162 valence electrons. The Morgan fingerprint density at radius 1 is 1.13 bits per heavy atom. The van der Waals surface area contributed by atoms with Crippen LogP contribution in [0.15, 0.2) is 48.5 Å². The van der Waals surface area contributed by atoms with Crippen LogP contribution in [0.4, 0.5) is 5.69 Å². The smallest absolute Gasteiger partial charge is 0.254 e. The summed E-state index contributed by atoms with van der Waals surface area (Å²) < 4.78 is 10.7. The number of ether oxygens (including phenoxy) is 2. The molecule has 0 radical (unpaired) electrons. The third-order valence-electron chi connectivity index (χ3n) is 5.14. The Bertz CT molecular complexity index is 857. The Balaban J connectivity index is 0.00000320. The highest BCUT2D eigenvalue weighted by Gasteiger charge is 2.24. The molecule has 7 nitrogen and oxygen atoms in total. The summed E-state index contributed by atoms with van der Waals surface area (Å²) in [5, 5.41) is 2.87. The first-order chi connectivity index (χ1) is 14.0. The monoisotopic (exact) mass is 433 g/mol. The second-order valence-corrected chi connectivity index (χ2v) is 7.03. The van der Waals surface area contributed by atoms with E-state index in [1.165, 1.54) is 7.11 Å². The minimum atomic E-state index is -0.472. The van der Waals surface area contributed by atoms with Gasteiger partial charge in [-0.05, 0) is 23.8 Å². The van der Waals surface area contributed by atoms with Crippen molar-refractivity contribution in [2.45, 2.75) is 13.0 Å². The van der Waals surface area contributed by atoms with Crippen molar-refractivity contribution in [1.29, 1.82) is 0 Å². The quantitative estimate of drug-likeness (QED) is 0.730. The Kier molecular flexibility index (Phi) is 8.65. The van der Waals surface area contributed by atoms with Gasteiger partial charge >= 0.3 is 0 Å². The van der Waals surface area contributed by atoms with Gasteiger partial charge in [0.25, 0.3) is 5.91 Å². The summed E-state index contributed by atoms with van der Waals surface area (Å²) in [5.74, 6) is -0.325. The zero-order chi connectivity index (χ0) is 20.8. The maximum atomic E-state index is 12.8. The van der Waals surface area contributed by atoms with E-state index in [9.17, 15) is 9.59 Å². The number of halogens is 1. The van der Waals surface area contributed by atoms with Gasteiger partial charge in [-0.1, -0.05) is 37.3 Å². The predicted octanol–water partition coefficient (Wildman–Crippen LogP) is 2.86. The largest absolute Gasteiger partial charge is 0.495 e. The Morgan fingerprint density at radius 3 is 2.43 bits per heavy atom. The standard InChI is InChI=1S/C22H27N3O4.ClH/c1-15(20(23)16-6-4-3-5-7-16)21(26)24-18-14-17(8-9-19(18)28-2)22(27)25-10-12-29-13-11-25;/h3-9,14-15,20H,10-13,23H2,1-2H3,(H,24,26);1H. The van der Waals surface area contributed by atoms with E-state index in [-0.39, 0.29) is 24.2 Å². The van der Waals surface area contributed by atoms with E-state index in [4.69, 9.17) is 15.2 Å². The van der Waals surface area contributed by atoms with Crippen molar-refractivity contribution in [2.24, 2.45) is 11.7 Å². The highest BCUT2D eigenvalue weighted by molar-refractivity contribution is 5.99. The number of methoxy groups -OCH3 is 1. The number of nitrogens with zero attached hydrogens (tertiary/aromatic N) is 1. The summed E-state index contributed by atoms with van der Waals surface area (Å²) in [5.41, 5.74) is 8.10. The Morgan fingerprint density at radius 2 is 1.80 bits per heavy atom. The Hall–Kier alpha value is -2.61. The fraction of sp³-hybridized carbons (Fsp3) is 0.364. The van der Waals surface area contributed by atoms with Gasteiger partial charge in [-0.3, -0.25) is 9.59 Å². The predicted molar refractivity (Wildman–Crippen MR) is 118 cm³/mol. The van der Waals surface area contributed by atoms with Gasteiger partial charge < -0.3 is 25.4 Å². The number of morpholine rings is 1. The van der Waals surface area contributed by atoms with Crippen LogP contribution in [0.25, 0.3) is 0 Å². The molecule has 30 heavy (non-hydrogen) atoms. The van der Waals surface area contributed by atoms with Gasteiger partial charge in [0.2, 0.25) is 5.91 Å². The number of nitrogens with one attached hydrogen (secondary N) is 1. The van der Waals surface area contributed by atoms with Crippen molar-refractivity contribution in [3.63, 3.8) is 0 Å². The minimum absolute atomic E-state index is 0. The second-order valence-electron chi connectivity index (χ2n) is 7.03. The molecule has 1 saturated heterocycles. The van der Waals surface area contributed by atoms with E-state index in [1.54, 1.807) is 30.0 Å². The summed E-state index contributed by atoms with van der Waals surface area (Å²) in [6.45, 7) is 3.94. The van der Waals surface area contributed by atoms with Crippen LogP contribution in [-0.2, 0) is 9.53 Å².